The van der Waals surface area contributed by atoms with Crippen molar-refractivity contribution in [3.63, 3.8) is 0 Å². The van der Waals surface area contributed by atoms with Gasteiger partial charge in [-0.05, 0) is 63.7 Å². The molecule has 0 N–H and O–H groups in total. The molecule has 3 aromatic heterocycles. The van der Waals surface area contributed by atoms with Gasteiger partial charge in [0.25, 0.3) is 11.5 Å². The van der Waals surface area contributed by atoms with Crippen molar-refractivity contribution in [3.05, 3.63) is 40.4 Å². The molecule has 0 amide bonds. The highest BCUT2D eigenvalue weighted by atomic mass is 16.5. The van der Waals surface area contributed by atoms with E-state index in [1.807, 2.05) is 42.8 Å². The van der Waals surface area contributed by atoms with E-state index < -0.39 is 0 Å². The molecule has 4 aromatic rings. The Morgan fingerprint density at radius 1 is 0.974 bits per heavy atom. The number of anilines is 1. The minimum absolute atomic E-state index is 0.0345. The van der Waals surface area contributed by atoms with Crippen molar-refractivity contribution in [2.45, 2.75) is 53.1 Å². The lowest BCUT2D eigenvalue weighted by Gasteiger charge is -2.33. The monoisotopic (exact) mass is 532 g/mol. The molecule has 0 radical (unpaired) electrons. The van der Waals surface area contributed by atoms with Gasteiger partial charge in [0.2, 0.25) is 0 Å². The van der Waals surface area contributed by atoms with E-state index in [1.165, 1.54) is 12.8 Å². The van der Waals surface area contributed by atoms with Gasteiger partial charge >= 0.3 is 0 Å². The molecule has 0 spiro atoms. The Kier molecular flexibility index (Phi) is 6.93. The summed E-state index contributed by atoms with van der Waals surface area (Å²) in [5, 5.41) is 0.665. The molecule has 6 rings (SSSR count). The van der Waals surface area contributed by atoms with E-state index in [0.717, 1.165) is 72.9 Å². The van der Waals surface area contributed by atoms with Crippen LogP contribution in [-0.4, -0.2) is 73.2 Å². The number of hydrogen-bond acceptors (Lipinski definition) is 7. The molecular weight excluding hydrogens is 492 g/mol. The van der Waals surface area contributed by atoms with Crippen LogP contribution in [0.15, 0.2) is 29.1 Å². The van der Waals surface area contributed by atoms with Crippen LogP contribution in [0, 0.1) is 11.8 Å². The second kappa shape index (κ2) is 10.4. The van der Waals surface area contributed by atoms with Gasteiger partial charge in [0.05, 0.1) is 30.7 Å². The lowest BCUT2D eigenvalue weighted by atomic mass is 9.87. The first-order valence-corrected chi connectivity index (χ1v) is 14.3. The number of hydrogen-bond donors (Lipinski definition) is 0. The Morgan fingerprint density at radius 3 is 2.38 bits per heavy atom. The van der Waals surface area contributed by atoms with E-state index in [2.05, 4.69) is 35.3 Å². The second-order valence-corrected chi connectivity index (χ2v) is 11.6. The Morgan fingerprint density at radius 2 is 1.69 bits per heavy atom. The summed E-state index contributed by atoms with van der Waals surface area (Å²) < 4.78 is 11.4. The molecule has 2 aliphatic heterocycles. The lowest BCUT2D eigenvalue weighted by Crippen LogP contribution is -2.37. The summed E-state index contributed by atoms with van der Waals surface area (Å²) in [6.45, 7) is 14.5. The summed E-state index contributed by atoms with van der Waals surface area (Å²) in [6.07, 6.45) is 2.47. The maximum absolute atomic E-state index is 13.4. The van der Waals surface area contributed by atoms with Crippen LogP contribution in [0.1, 0.15) is 52.4 Å². The molecule has 5 heterocycles. The van der Waals surface area contributed by atoms with E-state index >= 15 is 0 Å². The number of piperidine rings is 1. The molecule has 0 atom stereocenters. The summed E-state index contributed by atoms with van der Waals surface area (Å²) in [5.41, 5.74) is 2.37. The minimum atomic E-state index is -0.0631. The lowest BCUT2D eigenvalue weighted by molar-refractivity contribution is 0.122. The van der Waals surface area contributed by atoms with Crippen LogP contribution < -0.4 is 10.5 Å². The van der Waals surface area contributed by atoms with Gasteiger partial charge in [-0.25, -0.2) is 14.3 Å². The van der Waals surface area contributed by atoms with Crippen LogP contribution in [0.3, 0.4) is 0 Å². The van der Waals surface area contributed by atoms with Crippen molar-refractivity contribution in [2.24, 2.45) is 18.9 Å². The van der Waals surface area contributed by atoms with Gasteiger partial charge in [0, 0.05) is 26.2 Å². The average molecular weight is 533 g/mol. The van der Waals surface area contributed by atoms with Gasteiger partial charge in [-0.15, -0.1) is 0 Å². The predicted octanol–water partition coefficient (Wildman–Crippen LogP) is 3.75. The molecule has 0 aliphatic carbocycles. The number of nitrogens with zero attached hydrogens (tertiary/aromatic N) is 8. The Balaban J connectivity index is 1.48. The second-order valence-electron chi connectivity index (χ2n) is 11.6. The van der Waals surface area contributed by atoms with Gasteiger partial charge in [0.1, 0.15) is 5.82 Å². The van der Waals surface area contributed by atoms with E-state index in [1.54, 1.807) is 4.68 Å². The molecule has 2 aliphatic rings. The zero-order chi connectivity index (χ0) is 27.3. The fraction of sp³-hybridized carbons (Fsp3) is 0.586. The smallest absolute Gasteiger partial charge is 0.275 e. The fourth-order valence-electron chi connectivity index (χ4n) is 6.13. The standard InChI is InChI=1S/C29H40N8O2/c1-19(2)21-10-12-34(13-11-21)18-24-30-25-26(33(24)5)31-29(32-27(25)35-14-16-39-17-15-35)37-23-9-7-6-8-22(23)28(38)36(37)20(3)4/h6-9,19-21H,10-18H2,1-5H3. The maximum atomic E-state index is 13.4. The van der Waals surface area contributed by atoms with Crippen molar-refractivity contribution in [1.29, 1.82) is 0 Å². The van der Waals surface area contributed by atoms with Gasteiger partial charge in [0.15, 0.2) is 17.0 Å². The number of rotatable bonds is 6. The maximum Gasteiger partial charge on any atom is 0.275 e. The van der Waals surface area contributed by atoms with Crippen LogP contribution >= 0.6 is 0 Å². The third-order valence-electron chi connectivity index (χ3n) is 8.50. The third kappa shape index (κ3) is 4.63. The minimum Gasteiger partial charge on any atom is -0.378 e. The van der Waals surface area contributed by atoms with Gasteiger partial charge in [-0.3, -0.25) is 9.69 Å². The molecule has 10 heteroatoms. The number of morpholine rings is 1. The van der Waals surface area contributed by atoms with Gasteiger partial charge < -0.3 is 14.2 Å². The first kappa shape index (κ1) is 26.0. The van der Waals surface area contributed by atoms with Crippen molar-refractivity contribution in [3.8, 4) is 5.95 Å². The van der Waals surface area contributed by atoms with Crippen LogP contribution in [0.25, 0.3) is 28.0 Å². The molecule has 1 aromatic carbocycles. The van der Waals surface area contributed by atoms with Crippen molar-refractivity contribution in [1.82, 2.24) is 33.8 Å². The zero-order valence-electron chi connectivity index (χ0n) is 23.8. The molecule has 39 heavy (non-hydrogen) atoms. The summed E-state index contributed by atoms with van der Waals surface area (Å²) in [5.74, 6) is 3.83. The highest BCUT2D eigenvalue weighted by Gasteiger charge is 2.27. The predicted molar refractivity (Wildman–Crippen MR) is 154 cm³/mol. The van der Waals surface area contributed by atoms with Crippen LogP contribution in [-0.2, 0) is 18.3 Å². The van der Waals surface area contributed by atoms with Crippen LogP contribution in [0.4, 0.5) is 5.82 Å². The highest BCUT2D eigenvalue weighted by molar-refractivity contribution is 5.86. The summed E-state index contributed by atoms with van der Waals surface area (Å²) in [4.78, 5) is 33.5. The molecule has 0 unspecified atom stereocenters. The van der Waals surface area contributed by atoms with E-state index in [0.29, 0.717) is 24.5 Å². The molecule has 10 nitrogen and oxygen atoms in total. The molecule has 2 saturated heterocycles. The number of para-hydroxylation sites is 1. The quantitative estimate of drug-likeness (QED) is 0.374. The Bertz CT molecular complexity index is 1530. The number of aryl methyl sites for hydroxylation is 1. The molecular formula is C29H40N8O2. The van der Waals surface area contributed by atoms with E-state index in [9.17, 15) is 4.79 Å². The largest absolute Gasteiger partial charge is 0.378 e. The average Bonchev–Trinajstić information content (AvgIpc) is 3.42. The molecule has 0 bridgehead atoms. The summed E-state index contributed by atoms with van der Waals surface area (Å²) in [6, 6.07) is 7.63. The van der Waals surface area contributed by atoms with Crippen molar-refractivity contribution < 1.29 is 4.74 Å². The Labute approximate surface area is 229 Å². The number of imidazole rings is 1. The first-order chi connectivity index (χ1) is 18.8. The number of benzene rings is 1. The molecule has 2 fully saturated rings. The van der Waals surface area contributed by atoms with Crippen molar-refractivity contribution in [2.75, 3.05) is 44.3 Å². The molecule has 208 valence electrons. The van der Waals surface area contributed by atoms with Crippen LogP contribution in [0.5, 0.6) is 0 Å². The first-order valence-electron chi connectivity index (χ1n) is 14.3. The van der Waals surface area contributed by atoms with Gasteiger partial charge in [-0.1, -0.05) is 26.0 Å². The Hall–Kier alpha value is -3.24. The summed E-state index contributed by atoms with van der Waals surface area (Å²) in [7, 11) is 2.05. The normalized spacial score (nSPS) is 17.9. The number of fused-ring (bicyclic) bond motifs is 2. The number of aromatic nitrogens is 6. The summed E-state index contributed by atoms with van der Waals surface area (Å²) >= 11 is 0. The zero-order valence-corrected chi connectivity index (χ0v) is 23.8. The highest BCUT2D eigenvalue weighted by Crippen LogP contribution is 2.29. The number of likely N-dealkylation sites (tertiary alicyclic amines) is 1. The SMILES string of the molecule is CC(C)C1CCN(Cc2nc3c(N4CCOCC4)nc(-n4c5ccccc5c(=O)n4C(C)C)nc3n2C)CC1. The topological polar surface area (TPSA) is 86.2 Å². The molecule has 0 saturated carbocycles. The fourth-order valence-corrected chi connectivity index (χ4v) is 6.13. The van der Waals surface area contributed by atoms with E-state index in [-0.39, 0.29) is 11.6 Å². The van der Waals surface area contributed by atoms with Gasteiger partial charge in [-0.2, -0.15) is 9.97 Å². The van der Waals surface area contributed by atoms with E-state index in [4.69, 9.17) is 19.7 Å². The van der Waals surface area contributed by atoms with Crippen LogP contribution in [0.2, 0.25) is 0 Å². The number of ether oxygens (including phenoxy) is 1. The third-order valence-corrected chi connectivity index (χ3v) is 8.50. The van der Waals surface area contributed by atoms with Crippen molar-refractivity contribution >= 4 is 27.9 Å².